The number of nitrogens with one attached hydrogen (secondary N) is 1. The van der Waals surface area contributed by atoms with E-state index >= 15 is 0 Å². The van der Waals surface area contributed by atoms with Crippen LogP contribution in [0.5, 0.6) is 5.88 Å². The van der Waals surface area contributed by atoms with Crippen molar-refractivity contribution in [2.75, 3.05) is 6.61 Å². The zero-order valence-electron chi connectivity index (χ0n) is 18.6. The molecule has 0 saturated heterocycles. The van der Waals surface area contributed by atoms with Gasteiger partial charge in [0.15, 0.2) is 5.69 Å². The topological polar surface area (TPSA) is 114 Å². The number of aromatic nitrogens is 2. The van der Waals surface area contributed by atoms with Crippen molar-refractivity contribution in [3.05, 3.63) is 77.2 Å². The Labute approximate surface area is 196 Å². The molecule has 8 nitrogen and oxygen atoms in total. The number of para-hydroxylation sites is 1. The van der Waals surface area contributed by atoms with Crippen molar-refractivity contribution in [3.63, 3.8) is 0 Å². The smallest absolute Gasteiger partial charge is 0.305 e. The first-order chi connectivity index (χ1) is 16.3. The molecule has 1 aliphatic rings. The molecule has 3 N–H and O–H groups in total. The molecule has 9 heteroatoms. The maximum Gasteiger partial charge on any atom is 0.305 e. The van der Waals surface area contributed by atoms with E-state index in [0.717, 1.165) is 18.4 Å². The summed E-state index contributed by atoms with van der Waals surface area (Å²) in [6, 6.07) is 13.7. The van der Waals surface area contributed by atoms with Gasteiger partial charge in [-0.3, -0.25) is 9.59 Å². The largest absolute Gasteiger partial charge is 0.481 e. The normalized spacial score (nSPS) is 14.9. The van der Waals surface area contributed by atoms with Crippen molar-refractivity contribution in [1.29, 1.82) is 0 Å². The van der Waals surface area contributed by atoms with Crippen molar-refractivity contribution in [3.8, 4) is 11.6 Å². The van der Waals surface area contributed by atoms with Crippen LogP contribution in [0, 0.1) is 18.7 Å². The van der Waals surface area contributed by atoms with Gasteiger partial charge in [-0.15, -0.1) is 0 Å². The summed E-state index contributed by atoms with van der Waals surface area (Å²) in [6.45, 7) is 1.82. The minimum Gasteiger partial charge on any atom is -0.481 e. The average molecular weight is 467 g/mol. The molecule has 1 amide bonds. The summed E-state index contributed by atoms with van der Waals surface area (Å²) in [6.07, 6.45) is 0.868. The number of halogens is 1. The molecule has 0 spiro atoms. The van der Waals surface area contributed by atoms with Crippen LogP contribution in [0.3, 0.4) is 0 Å². The molecule has 1 heterocycles. The molecule has 1 saturated carbocycles. The standard InChI is InChI=1S/C25H26FN3O5/c1-15-6-2-3-7-17(15)19(13-24(31)32)27-25(33)20-12-23(34-14-22(30)16-10-11-16)29(28-20)21-9-5-4-8-18(21)26/h2-9,12,16,19,22,30H,10-11,13-14H2,1H3,(H,27,33)(H,31,32)/t19-,22+/m0/s1. The molecule has 1 fully saturated rings. The molecule has 34 heavy (non-hydrogen) atoms. The van der Waals surface area contributed by atoms with Crippen LogP contribution in [-0.4, -0.2) is 44.6 Å². The first kappa shape index (κ1) is 23.4. The van der Waals surface area contributed by atoms with Gasteiger partial charge >= 0.3 is 5.97 Å². The zero-order chi connectivity index (χ0) is 24.2. The molecular formula is C25H26FN3O5. The monoisotopic (exact) mass is 467 g/mol. The van der Waals surface area contributed by atoms with Crippen LogP contribution in [0.15, 0.2) is 54.6 Å². The zero-order valence-corrected chi connectivity index (χ0v) is 18.6. The third-order valence-electron chi connectivity index (χ3n) is 5.81. The summed E-state index contributed by atoms with van der Waals surface area (Å²) in [5.74, 6) is -1.98. The minimum atomic E-state index is -1.07. The molecular weight excluding hydrogens is 441 g/mol. The molecule has 1 aliphatic carbocycles. The van der Waals surface area contributed by atoms with Gasteiger partial charge in [0.05, 0.1) is 18.6 Å². The van der Waals surface area contributed by atoms with Crippen LogP contribution < -0.4 is 10.1 Å². The number of nitrogens with zero attached hydrogens (tertiary/aromatic N) is 2. The van der Waals surface area contributed by atoms with Gasteiger partial charge in [0.1, 0.15) is 18.1 Å². The van der Waals surface area contributed by atoms with Crippen LogP contribution in [0.25, 0.3) is 5.69 Å². The molecule has 0 unspecified atom stereocenters. The number of aliphatic carboxylic acids is 1. The average Bonchev–Trinajstić information content (AvgIpc) is 3.57. The number of carbonyl (C=O) groups is 2. The second-order valence-electron chi connectivity index (χ2n) is 8.43. The lowest BCUT2D eigenvalue weighted by Crippen LogP contribution is -2.31. The number of carbonyl (C=O) groups excluding carboxylic acids is 1. The molecule has 178 valence electrons. The molecule has 0 radical (unpaired) electrons. The van der Waals surface area contributed by atoms with Gasteiger partial charge in [-0.1, -0.05) is 36.4 Å². The van der Waals surface area contributed by atoms with Gasteiger partial charge in [0, 0.05) is 6.07 Å². The van der Waals surface area contributed by atoms with E-state index < -0.39 is 29.8 Å². The number of benzene rings is 2. The Kier molecular flexibility index (Phi) is 6.93. The Morgan fingerprint density at radius 3 is 2.59 bits per heavy atom. The highest BCUT2D eigenvalue weighted by atomic mass is 19.1. The van der Waals surface area contributed by atoms with Crippen molar-refractivity contribution < 1.29 is 28.9 Å². The predicted molar refractivity (Wildman–Crippen MR) is 121 cm³/mol. The van der Waals surface area contributed by atoms with Gasteiger partial charge < -0.3 is 20.3 Å². The van der Waals surface area contributed by atoms with Crippen LogP contribution in [-0.2, 0) is 4.79 Å². The lowest BCUT2D eigenvalue weighted by Gasteiger charge is -2.18. The van der Waals surface area contributed by atoms with E-state index in [1.54, 1.807) is 18.2 Å². The number of aliphatic hydroxyl groups is 1. The van der Waals surface area contributed by atoms with E-state index in [-0.39, 0.29) is 36.2 Å². The Morgan fingerprint density at radius 2 is 1.91 bits per heavy atom. The van der Waals surface area contributed by atoms with E-state index in [0.29, 0.717) is 5.56 Å². The van der Waals surface area contributed by atoms with Gasteiger partial charge in [-0.2, -0.15) is 9.78 Å². The van der Waals surface area contributed by atoms with Gasteiger partial charge in [0.2, 0.25) is 5.88 Å². The van der Waals surface area contributed by atoms with Crippen LogP contribution >= 0.6 is 0 Å². The van der Waals surface area contributed by atoms with Crippen LogP contribution in [0.2, 0.25) is 0 Å². The summed E-state index contributed by atoms with van der Waals surface area (Å²) >= 11 is 0. The maximum absolute atomic E-state index is 14.5. The summed E-state index contributed by atoms with van der Waals surface area (Å²) in [5, 5.41) is 26.5. The molecule has 2 aromatic carbocycles. The highest BCUT2D eigenvalue weighted by molar-refractivity contribution is 5.93. The highest BCUT2D eigenvalue weighted by Gasteiger charge is 2.31. The van der Waals surface area contributed by atoms with E-state index in [1.165, 1.54) is 28.9 Å². The third-order valence-corrected chi connectivity index (χ3v) is 5.81. The number of ether oxygens (including phenoxy) is 1. The van der Waals surface area contributed by atoms with E-state index in [9.17, 15) is 24.2 Å². The van der Waals surface area contributed by atoms with E-state index in [4.69, 9.17) is 4.74 Å². The summed E-state index contributed by atoms with van der Waals surface area (Å²) < 4.78 is 21.4. The molecule has 0 bridgehead atoms. The lowest BCUT2D eigenvalue weighted by molar-refractivity contribution is -0.137. The number of aryl methyl sites for hydroxylation is 1. The number of amides is 1. The fourth-order valence-corrected chi connectivity index (χ4v) is 3.78. The van der Waals surface area contributed by atoms with Crippen molar-refractivity contribution in [1.82, 2.24) is 15.1 Å². The van der Waals surface area contributed by atoms with Crippen molar-refractivity contribution in [2.24, 2.45) is 5.92 Å². The Balaban J connectivity index is 1.62. The molecule has 1 aromatic heterocycles. The number of hydrogen-bond donors (Lipinski definition) is 3. The SMILES string of the molecule is Cc1ccccc1[C@H](CC(=O)O)NC(=O)c1cc(OC[C@@H](O)C2CC2)n(-c2ccccc2F)n1. The third kappa shape index (κ3) is 5.43. The maximum atomic E-state index is 14.5. The number of rotatable bonds is 10. The quantitative estimate of drug-likeness (QED) is 0.421. The first-order valence-electron chi connectivity index (χ1n) is 11.1. The Morgan fingerprint density at radius 1 is 1.21 bits per heavy atom. The van der Waals surface area contributed by atoms with Gasteiger partial charge in [-0.25, -0.2) is 4.39 Å². The van der Waals surface area contributed by atoms with Gasteiger partial charge in [0.25, 0.3) is 5.91 Å². The highest BCUT2D eigenvalue weighted by Crippen LogP contribution is 2.33. The number of aliphatic hydroxyl groups excluding tert-OH is 1. The van der Waals surface area contributed by atoms with E-state index in [2.05, 4.69) is 10.4 Å². The summed E-state index contributed by atoms with van der Waals surface area (Å²) in [4.78, 5) is 24.5. The van der Waals surface area contributed by atoms with Crippen LogP contribution in [0.4, 0.5) is 4.39 Å². The number of carboxylic acids is 1. The molecule has 3 aromatic rings. The number of hydrogen-bond acceptors (Lipinski definition) is 5. The second-order valence-corrected chi connectivity index (χ2v) is 8.43. The Hall–Kier alpha value is -3.72. The van der Waals surface area contributed by atoms with Crippen LogP contribution in [0.1, 0.15) is 46.9 Å². The first-order valence-corrected chi connectivity index (χ1v) is 11.1. The van der Waals surface area contributed by atoms with Gasteiger partial charge in [-0.05, 0) is 48.9 Å². The molecule has 0 aliphatic heterocycles. The summed E-state index contributed by atoms with van der Waals surface area (Å²) in [5.41, 5.74) is 1.53. The number of carboxylic acid groups (broad SMARTS) is 1. The predicted octanol–water partition coefficient (Wildman–Crippen LogP) is 3.42. The van der Waals surface area contributed by atoms with E-state index in [1.807, 2.05) is 19.1 Å². The minimum absolute atomic E-state index is 0.0171. The Bertz CT molecular complexity index is 1190. The van der Waals surface area contributed by atoms with Crippen molar-refractivity contribution in [2.45, 2.75) is 38.3 Å². The molecule has 2 atom stereocenters. The second kappa shape index (κ2) is 10.0. The summed E-state index contributed by atoms with van der Waals surface area (Å²) in [7, 11) is 0. The lowest BCUT2D eigenvalue weighted by atomic mass is 9.98. The molecule has 4 rings (SSSR count). The van der Waals surface area contributed by atoms with Crippen molar-refractivity contribution >= 4 is 11.9 Å². The fraction of sp³-hybridized carbons (Fsp3) is 0.320. The fourth-order valence-electron chi connectivity index (χ4n) is 3.78.